The highest BCUT2D eigenvalue weighted by Crippen LogP contribution is 2.45. The number of ether oxygens (including phenoxy) is 5. The molecule has 1 amide bonds. The zero-order valence-corrected chi connectivity index (χ0v) is 37.7. The average Bonchev–Trinajstić information content (AvgIpc) is 3.49. The van der Waals surface area contributed by atoms with Gasteiger partial charge in [-0.05, 0) is 103 Å². The zero-order valence-electron chi connectivity index (χ0n) is 37.7. The molecule has 4 heterocycles. The molecule has 3 saturated heterocycles. The second kappa shape index (κ2) is 19.0. The molecule has 336 valence electrons. The van der Waals surface area contributed by atoms with Crippen molar-refractivity contribution in [2.75, 3.05) is 34.3 Å². The van der Waals surface area contributed by atoms with Crippen molar-refractivity contribution in [1.29, 1.82) is 0 Å². The molecule has 2 aromatic rings. The van der Waals surface area contributed by atoms with Crippen molar-refractivity contribution in [3.63, 3.8) is 0 Å². The molecule has 3 aliphatic rings. The number of aromatic nitrogens is 1. The monoisotopic (exact) mass is 844 g/mol. The summed E-state index contributed by atoms with van der Waals surface area (Å²) in [4.78, 5) is 49.1. The van der Waals surface area contributed by atoms with E-state index in [1.807, 2.05) is 76.0 Å². The number of amides is 1. The van der Waals surface area contributed by atoms with Crippen LogP contribution in [0.15, 0.2) is 36.5 Å². The minimum atomic E-state index is -3.15. The number of methoxy groups -OCH3 is 1. The van der Waals surface area contributed by atoms with Crippen molar-refractivity contribution in [3.05, 3.63) is 42.1 Å². The van der Waals surface area contributed by atoms with E-state index >= 15 is 4.39 Å². The first-order valence-corrected chi connectivity index (χ1v) is 21.7. The van der Waals surface area contributed by atoms with Gasteiger partial charge in [0, 0.05) is 49.8 Å². The molecule has 2 unspecified atom stereocenters. The Hall–Kier alpha value is -3.31. The van der Waals surface area contributed by atoms with E-state index in [0.29, 0.717) is 25.9 Å². The van der Waals surface area contributed by atoms with Crippen LogP contribution in [-0.2, 0) is 39.7 Å². The molecule has 0 radical (unpaired) electrons. The van der Waals surface area contributed by atoms with Gasteiger partial charge in [-0.2, -0.15) is 0 Å². The number of hydrogen-bond donors (Lipinski definition) is 2. The van der Waals surface area contributed by atoms with Crippen LogP contribution in [-0.4, -0.2) is 143 Å². The molecule has 60 heavy (non-hydrogen) atoms. The SMILES string of the molecule is CC[C@H]1OC(=O)C(C)(F)C(=O)[C@H](C)[C@@H](O[C@@H]2O[C@H](C)C[C@H](N(C)C)[C@H]2O)[C@@](C)(OC)C[C@@H](C)C(N)[C@H](C)[C@H]2N(N(CC)CCCc3ccnc4ccccc34)C(=O)O[C@]12C. The Morgan fingerprint density at radius 1 is 1.07 bits per heavy atom. The molecular weight excluding hydrogens is 774 g/mol. The smallest absolute Gasteiger partial charge is 0.425 e. The number of alkyl halides is 1. The Balaban J connectivity index is 1.53. The maximum atomic E-state index is 17.0. The first-order valence-electron chi connectivity index (χ1n) is 21.7. The standard InChI is InChI=1S/C45H70FN5O9/c1-13-34-45(9)37(51(42(55)60-45)50(14-2)23-17-18-30-21-22-48-32-20-16-15-19-31(30)32)28(5)35(47)26(3)25-43(7,56-12)39(29(6)38(53)44(8,46)41(54)58-34)59-40-36(52)33(49(10)11)24-27(4)57-40/h15-16,19-22,26-29,33-37,39-40,52H,13-14,17-18,23-25,47H2,1-12H3/t26-,27-,28+,29+,33+,34-,35?,36-,37-,39-,40+,43+,44?,45-/m1/s1. The number of aliphatic hydroxyl groups excluding tert-OH is 1. The molecule has 1 aromatic carbocycles. The third-order valence-electron chi connectivity index (χ3n) is 13.7. The lowest BCUT2D eigenvalue weighted by Gasteiger charge is -2.48. The predicted molar refractivity (Wildman–Crippen MR) is 225 cm³/mol. The van der Waals surface area contributed by atoms with Crippen LogP contribution in [0, 0.1) is 17.8 Å². The summed E-state index contributed by atoms with van der Waals surface area (Å²) in [5.74, 6) is -4.62. The topological polar surface area (TPSA) is 166 Å². The fourth-order valence-electron chi connectivity index (χ4n) is 10.1. The molecular formula is C45H70FN5O9. The number of fused-ring (bicyclic) bond motifs is 2. The van der Waals surface area contributed by atoms with Crippen LogP contribution < -0.4 is 5.73 Å². The van der Waals surface area contributed by atoms with Gasteiger partial charge in [-0.25, -0.2) is 24.0 Å². The average molecular weight is 844 g/mol. The van der Waals surface area contributed by atoms with Gasteiger partial charge >= 0.3 is 12.1 Å². The number of likely N-dealkylation sites (N-methyl/N-ethyl adjacent to an activating group) is 1. The summed E-state index contributed by atoms with van der Waals surface area (Å²) in [6.07, 6.45) is -1.51. The van der Waals surface area contributed by atoms with Crippen LogP contribution in [0.1, 0.15) is 93.6 Å². The molecule has 3 fully saturated rings. The summed E-state index contributed by atoms with van der Waals surface area (Å²) in [7, 11) is 5.18. The quantitative estimate of drug-likeness (QED) is 0.217. The first kappa shape index (κ1) is 47.7. The maximum Gasteiger partial charge on any atom is 0.425 e. The van der Waals surface area contributed by atoms with Crippen LogP contribution >= 0.6 is 0 Å². The number of cyclic esters (lactones) is 1. The fourth-order valence-corrected chi connectivity index (χ4v) is 10.1. The molecule has 0 spiro atoms. The molecule has 0 saturated carbocycles. The van der Waals surface area contributed by atoms with Crippen LogP contribution in [0.5, 0.6) is 0 Å². The third kappa shape index (κ3) is 9.23. The summed E-state index contributed by atoms with van der Waals surface area (Å²) >= 11 is 0. The number of ketones is 1. The van der Waals surface area contributed by atoms with E-state index in [1.54, 1.807) is 32.0 Å². The van der Waals surface area contributed by atoms with E-state index in [-0.39, 0.29) is 30.9 Å². The van der Waals surface area contributed by atoms with E-state index in [0.717, 1.165) is 29.8 Å². The van der Waals surface area contributed by atoms with Crippen molar-refractivity contribution in [1.82, 2.24) is 19.9 Å². The lowest BCUT2D eigenvalue weighted by molar-refractivity contribution is -0.296. The molecule has 1 aromatic heterocycles. The largest absolute Gasteiger partial charge is 0.455 e. The second-order valence-corrected chi connectivity index (χ2v) is 18.2. The lowest BCUT2D eigenvalue weighted by atomic mass is 9.72. The van der Waals surface area contributed by atoms with Crippen molar-refractivity contribution in [3.8, 4) is 0 Å². The summed E-state index contributed by atoms with van der Waals surface area (Å²) in [5.41, 5.74) is 3.35. The van der Waals surface area contributed by atoms with E-state index in [1.165, 1.54) is 14.0 Å². The predicted octanol–water partition coefficient (Wildman–Crippen LogP) is 5.46. The van der Waals surface area contributed by atoms with E-state index in [4.69, 9.17) is 29.4 Å². The number of carbonyl (C=O) groups excluding carboxylic acids is 3. The number of nitrogens with two attached hydrogens (primary N) is 1. The minimum absolute atomic E-state index is 0.147. The molecule has 15 heteroatoms. The Labute approximate surface area is 355 Å². The molecule has 3 N–H and O–H groups in total. The number of aryl methyl sites for hydroxylation is 1. The minimum Gasteiger partial charge on any atom is -0.455 e. The normalized spacial score (nSPS) is 38.5. The Kier molecular flexibility index (Phi) is 15.1. The summed E-state index contributed by atoms with van der Waals surface area (Å²) < 4.78 is 48.2. The summed E-state index contributed by atoms with van der Waals surface area (Å²) in [6, 6.07) is 8.29. The summed E-state index contributed by atoms with van der Waals surface area (Å²) in [6.45, 7) is 16.3. The Bertz CT molecular complexity index is 1810. The number of halogens is 1. The van der Waals surface area contributed by atoms with Crippen LogP contribution in [0.3, 0.4) is 0 Å². The van der Waals surface area contributed by atoms with Gasteiger partial charge in [0.15, 0.2) is 17.7 Å². The number of esters is 1. The van der Waals surface area contributed by atoms with Crippen molar-refractivity contribution in [2.24, 2.45) is 23.5 Å². The number of hydrazine groups is 1. The van der Waals surface area contributed by atoms with Gasteiger partial charge in [0.05, 0.1) is 29.4 Å². The molecule has 5 rings (SSSR count). The number of hydrogen-bond acceptors (Lipinski definition) is 13. The van der Waals surface area contributed by atoms with Crippen LogP contribution in [0.4, 0.5) is 9.18 Å². The zero-order chi connectivity index (χ0) is 44.5. The van der Waals surface area contributed by atoms with Gasteiger partial charge < -0.3 is 39.4 Å². The van der Waals surface area contributed by atoms with Gasteiger partial charge in [0.1, 0.15) is 12.2 Å². The molecule has 0 bridgehead atoms. The van der Waals surface area contributed by atoms with E-state index < -0.39 is 83.2 Å². The molecule has 3 aliphatic heterocycles. The fraction of sp³-hybridized carbons (Fsp3) is 0.733. The Morgan fingerprint density at radius 2 is 1.75 bits per heavy atom. The van der Waals surface area contributed by atoms with E-state index in [2.05, 4.69) is 11.1 Å². The van der Waals surface area contributed by atoms with Crippen molar-refractivity contribution >= 4 is 28.7 Å². The highest BCUT2D eigenvalue weighted by atomic mass is 19.1. The highest BCUT2D eigenvalue weighted by Gasteiger charge is 2.62. The second-order valence-electron chi connectivity index (χ2n) is 18.2. The molecule has 14 nitrogen and oxygen atoms in total. The van der Waals surface area contributed by atoms with Crippen LogP contribution in [0.2, 0.25) is 0 Å². The lowest BCUT2D eigenvalue weighted by Crippen LogP contribution is -2.64. The van der Waals surface area contributed by atoms with Gasteiger partial charge in [0.25, 0.3) is 5.67 Å². The number of nitrogens with zero attached hydrogens (tertiary/aromatic N) is 4. The van der Waals surface area contributed by atoms with Gasteiger partial charge in [-0.1, -0.05) is 52.8 Å². The number of aliphatic hydroxyl groups is 1. The number of Topliss-reactive ketones (excluding diaryl/α,β-unsaturated/α-hetero) is 1. The Morgan fingerprint density at radius 3 is 2.38 bits per heavy atom. The van der Waals surface area contributed by atoms with Crippen molar-refractivity contribution < 1.29 is 47.6 Å². The highest BCUT2D eigenvalue weighted by molar-refractivity contribution is 6.07. The number of para-hydroxylation sites is 1. The van der Waals surface area contributed by atoms with Gasteiger partial charge in [-0.3, -0.25) is 9.78 Å². The van der Waals surface area contributed by atoms with Gasteiger partial charge in [-0.15, -0.1) is 0 Å². The maximum absolute atomic E-state index is 17.0. The molecule has 14 atom stereocenters. The van der Waals surface area contributed by atoms with Crippen LogP contribution in [0.25, 0.3) is 10.9 Å². The summed E-state index contributed by atoms with van der Waals surface area (Å²) in [5, 5.41) is 16.1. The number of carbonyl (C=O) groups is 3. The van der Waals surface area contributed by atoms with E-state index in [9.17, 15) is 19.5 Å². The number of rotatable bonds is 11. The van der Waals surface area contributed by atoms with Gasteiger partial charge in [0.2, 0.25) is 0 Å². The number of benzene rings is 1. The first-order chi connectivity index (χ1) is 28.2. The van der Waals surface area contributed by atoms with Crippen molar-refractivity contribution in [2.45, 2.75) is 160 Å². The molecule has 0 aliphatic carbocycles. The number of pyridine rings is 1. The third-order valence-corrected chi connectivity index (χ3v) is 13.7.